The SMILES string of the molecule is NO[C@@H](CCCC(=O)O)C1CCCCC1. The molecular formula is C11H21NO3. The monoisotopic (exact) mass is 215 g/mol. The van der Waals surface area contributed by atoms with Crippen LogP contribution in [0.25, 0.3) is 0 Å². The van der Waals surface area contributed by atoms with Crippen LogP contribution in [0.15, 0.2) is 0 Å². The van der Waals surface area contributed by atoms with Gasteiger partial charge >= 0.3 is 5.97 Å². The molecule has 1 aliphatic carbocycles. The first-order valence-corrected chi connectivity index (χ1v) is 5.81. The average molecular weight is 215 g/mol. The fraction of sp³-hybridized carbons (Fsp3) is 0.909. The molecule has 3 N–H and O–H groups in total. The molecule has 4 nitrogen and oxygen atoms in total. The first kappa shape index (κ1) is 12.5. The van der Waals surface area contributed by atoms with Gasteiger partial charge in [0.1, 0.15) is 0 Å². The van der Waals surface area contributed by atoms with E-state index in [9.17, 15) is 4.79 Å². The van der Waals surface area contributed by atoms with Crippen molar-refractivity contribution < 1.29 is 14.7 Å². The minimum absolute atomic E-state index is 0.0599. The molecule has 0 amide bonds. The Labute approximate surface area is 90.7 Å². The van der Waals surface area contributed by atoms with Crippen LogP contribution in [0.4, 0.5) is 0 Å². The Morgan fingerprint density at radius 1 is 1.40 bits per heavy atom. The van der Waals surface area contributed by atoms with Gasteiger partial charge in [-0.1, -0.05) is 19.3 Å². The summed E-state index contributed by atoms with van der Waals surface area (Å²) in [5, 5.41) is 8.54. The van der Waals surface area contributed by atoms with Crippen LogP contribution >= 0.6 is 0 Å². The molecule has 88 valence electrons. The van der Waals surface area contributed by atoms with Crippen LogP contribution < -0.4 is 5.90 Å². The third-order valence-corrected chi connectivity index (χ3v) is 3.23. The summed E-state index contributed by atoms with van der Waals surface area (Å²) >= 11 is 0. The molecule has 4 heteroatoms. The Kier molecular flexibility index (Phi) is 5.65. The van der Waals surface area contributed by atoms with Crippen molar-refractivity contribution in [3.8, 4) is 0 Å². The van der Waals surface area contributed by atoms with E-state index in [-0.39, 0.29) is 12.5 Å². The van der Waals surface area contributed by atoms with E-state index in [4.69, 9.17) is 15.8 Å². The van der Waals surface area contributed by atoms with Crippen molar-refractivity contribution in [2.45, 2.75) is 57.5 Å². The van der Waals surface area contributed by atoms with E-state index in [1.54, 1.807) is 0 Å². The largest absolute Gasteiger partial charge is 0.481 e. The summed E-state index contributed by atoms with van der Waals surface area (Å²) in [4.78, 5) is 15.4. The fourth-order valence-corrected chi connectivity index (χ4v) is 2.38. The maximum Gasteiger partial charge on any atom is 0.303 e. The molecule has 0 heterocycles. The summed E-state index contributed by atoms with van der Waals surface area (Å²) in [6, 6.07) is 0. The molecule has 0 aromatic rings. The lowest BCUT2D eigenvalue weighted by atomic mass is 9.83. The van der Waals surface area contributed by atoms with Gasteiger partial charge in [0, 0.05) is 6.42 Å². The van der Waals surface area contributed by atoms with Crippen LogP contribution in [-0.2, 0) is 9.63 Å². The number of nitrogens with two attached hydrogens (primary N) is 1. The van der Waals surface area contributed by atoms with Gasteiger partial charge in [0.2, 0.25) is 0 Å². The van der Waals surface area contributed by atoms with Crippen LogP contribution in [-0.4, -0.2) is 17.2 Å². The summed E-state index contributed by atoms with van der Waals surface area (Å²) in [5.74, 6) is 5.07. The van der Waals surface area contributed by atoms with Crippen LogP contribution in [0.1, 0.15) is 51.4 Å². The molecular weight excluding hydrogens is 194 g/mol. The van der Waals surface area contributed by atoms with E-state index in [0.29, 0.717) is 12.3 Å². The van der Waals surface area contributed by atoms with Crippen LogP contribution in [0.3, 0.4) is 0 Å². The highest BCUT2D eigenvalue weighted by molar-refractivity contribution is 5.66. The maximum atomic E-state index is 10.4. The quantitative estimate of drug-likeness (QED) is 0.665. The van der Waals surface area contributed by atoms with Crippen molar-refractivity contribution in [1.29, 1.82) is 0 Å². The van der Waals surface area contributed by atoms with E-state index in [1.807, 2.05) is 0 Å². The molecule has 0 aromatic carbocycles. The van der Waals surface area contributed by atoms with E-state index in [0.717, 1.165) is 6.42 Å². The van der Waals surface area contributed by atoms with Crippen LogP contribution in [0, 0.1) is 5.92 Å². The summed E-state index contributed by atoms with van der Waals surface area (Å²) in [6.07, 6.45) is 7.87. The topological polar surface area (TPSA) is 72.5 Å². The van der Waals surface area contributed by atoms with Gasteiger partial charge in [-0.25, -0.2) is 5.90 Å². The predicted octanol–water partition coefficient (Wildman–Crippen LogP) is 2.08. The zero-order valence-corrected chi connectivity index (χ0v) is 9.15. The van der Waals surface area contributed by atoms with Gasteiger partial charge in [0.25, 0.3) is 0 Å². The van der Waals surface area contributed by atoms with Gasteiger partial charge in [-0.05, 0) is 31.6 Å². The molecule has 1 saturated carbocycles. The second kappa shape index (κ2) is 6.80. The Morgan fingerprint density at radius 2 is 2.07 bits per heavy atom. The maximum absolute atomic E-state index is 10.4. The van der Waals surface area contributed by atoms with Crippen molar-refractivity contribution in [2.24, 2.45) is 11.8 Å². The smallest absolute Gasteiger partial charge is 0.303 e. The second-order valence-corrected chi connectivity index (χ2v) is 4.36. The minimum Gasteiger partial charge on any atom is -0.481 e. The third kappa shape index (κ3) is 4.62. The number of carbonyl (C=O) groups is 1. The Bertz CT molecular complexity index is 190. The number of rotatable bonds is 6. The fourth-order valence-electron chi connectivity index (χ4n) is 2.38. The van der Waals surface area contributed by atoms with E-state index >= 15 is 0 Å². The minimum atomic E-state index is -0.741. The highest BCUT2D eigenvalue weighted by atomic mass is 16.6. The van der Waals surface area contributed by atoms with Crippen molar-refractivity contribution in [3.05, 3.63) is 0 Å². The first-order chi connectivity index (χ1) is 7.24. The number of carboxylic acids is 1. The lowest BCUT2D eigenvalue weighted by Gasteiger charge is -2.28. The molecule has 0 bridgehead atoms. The normalized spacial score (nSPS) is 20.1. The Morgan fingerprint density at radius 3 is 2.60 bits per heavy atom. The molecule has 0 aromatic heterocycles. The van der Waals surface area contributed by atoms with Crippen molar-refractivity contribution in [1.82, 2.24) is 0 Å². The molecule has 0 aliphatic heterocycles. The highest BCUT2D eigenvalue weighted by Crippen LogP contribution is 2.29. The lowest BCUT2D eigenvalue weighted by Crippen LogP contribution is -2.28. The van der Waals surface area contributed by atoms with Gasteiger partial charge in [-0.3, -0.25) is 4.79 Å². The highest BCUT2D eigenvalue weighted by Gasteiger charge is 2.23. The number of carboxylic acid groups (broad SMARTS) is 1. The molecule has 1 fully saturated rings. The van der Waals surface area contributed by atoms with Gasteiger partial charge in [0.15, 0.2) is 0 Å². The van der Waals surface area contributed by atoms with Gasteiger partial charge in [-0.15, -0.1) is 0 Å². The molecule has 1 rings (SSSR count). The number of hydrogen-bond acceptors (Lipinski definition) is 3. The third-order valence-electron chi connectivity index (χ3n) is 3.23. The summed E-state index contributed by atoms with van der Waals surface area (Å²) < 4.78 is 0. The average Bonchev–Trinajstić information content (AvgIpc) is 2.25. The standard InChI is InChI=1S/C11H21NO3/c12-15-10(7-4-8-11(13)14)9-5-2-1-3-6-9/h9-10H,1-8,12H2,(H,13,14)/t10-/m0/s1. The summed E-state index contributed by atoms with van der Waals surface area (Å²) in [7, 11) is 0. The summed E-state index contributed by atoms with van der Waals surface area (Å²) in [6.45, 7) is 0. The Hall–Kier alpha value is -0.610. The van der Waals surface area contributed by atoms with E-state index in [1.165, 1.54) is 32.1 Å². The van der Waals surface area contributed by atoms with Crippen molar-refractivity contribution >= 4 is 5.97 Å². The van der Waals surface area contributed by atoms with Crippen molar-refractivity contribution in [2.75, 3.05) is 0 Å². The molecule has 0 saturated heterocycles. The lowest BCUT2D eigenvalue weighted by molar-refractivity contribution is -0.137. The molecule has 15 heavy (non-hydrogen) atoms. The van der Waals surface area contributed by atoms with Crippen LogP contribution in [0.5, 0.6) is 0 Å². The van der Waals surface area contributed by atoms with E-state index in [2.05, 4.69) is 0 Å². The second-order valence-electron chi connectivity index (χ2n) is 4.36. The van der Waals surface area contributed by atoms with Gasteiger partial charge in [0.05, 0.1) is 6.10 Å². The number of aliphatic carboxylic acids is 1. The molecule has 0 radical (unpaired) electrons. The van der Waals surface area contributed by atoms with Gasteiger partial charge < -0.3 is 9.94 Å². The predicted molar refractivity (Wildman–Crippen MR) is 57.1 cm³/mol. The Balaban J connectivity index is 2.24. The van der Waals surface area contributed by atoms with Crippen LogP contribution in [0.2, 0.25) is 0 Å². The molecule has 1 aliphatic rings. The summed E-state index contributed by atoms with van der Waals surface area (Å²) in [5.41, 5.74) is 0. The van der Waals surface area contributed by atoms with Crippen molar-refractivity contribution in [3.63, 3.8) is 0 Å². The zero-order chi connectivity index (χ0) is 11.1. The molecule has 1 atom stereocenters. The molecule has 0 unspecified atom stereocenters. The molecule has 0 spiro atoms. The first-order valence-electron chi connectivity index (χ1n) is 5.81. The van der Waals surface area contributed by atoms with E-state index < -0.39 is 5.97 Å². The zero-order valence-electron chi connectivity index (χ0n) is 9.15. The number of hydrogen-bond donors (Lipinski definition) is 2. The van der Waals surface area contributed by atoms with Gasteiger partial charge in [-0.2, -0.15) is 0 Å².